The molecular weight excluding hydrogens is 1430 g/mol. The molecule has 20 rings (SSSR count). The van der Waals surface area contributed by atoms with E-state index in [1.165, 1.54) is 212 Å². The van der Waals surface area contributed by atoms with Crippen LogP contribution in [0.2, 0.25) is 0 Å². The number of hydrogen-bond donors (Lipinski definition) is 0. The summed E-state index contributed by atoms with van der Waals surface area (Å²) in [4.78, 5) is 0. The Kier molecular flexibility index (Phi) is 40.5. The Morgan fingerprint density at radius 2 is 0.437 bits per heavy atom. The lowest BCUT2D eigenvalue weighted by Crippen LogP contribution is -1.88. The van der Waals surface area contributed by atoms with Crippen LogP contribution < -0.4 is 0 Å². The van der Waals surface area contributed by atoms with Gasteiger partial charge in [-0.15, -0.1) is 0 Å². The maximum absolute atomic E-state index is 2.31. The van der Waals surface area contributed by atoms with E-state index < -0.39 is 0 Å². The van der Waals surface area contributed by atoms with Gasteiger partial charge in [0.1, 0.15) is 0 Å². The van der Waals surface area contributed by atoms with Gasteiger partial charge in [0.05, 0.1) is 0 Å². The SMILES string of the molecule is CC.CC.CC.CC.CC.CC.CC.CC.CC.CC.Cc1cc2ccc(C)c3ccc4cccc1c4c23.Cc1ccc(C)c2cc3ccccc3cc12.Cc1ccc2c(c1)c1ccccc1n2C.Cc1ccc2cc(C)c3ccccc3c2c1.Cc1ccc2ccc3c(C)ccc4ccc1c2c43.Cc1cccc2c(C)c3ccccc3cc12. The zero-order chi connectivity index (χ0) is 88.3. The molecule has 0 unspecified atom stereocenters. The molecule has 20 aromatic rings. The third kappa shape index (κ3) is 22.1. The van der Waals surface area contributed by atoms with Gasteiger partial charge in [-0.05, 0) is 292 Å². The summed E-state index contributed by atoms with van der Waals surface area (Å²) in [6.45, 7) is 64.0. The van der Waals surface area contributed by atoms with E-state index in [9.17, 15) is 0 Å². The molecule has 119 heavy (non-hydrogen) atoms. The van der Waals surface area contributed by atoms with Gasteiger partial charge in [0.15, 0.2) is 0 Å². The summed E-state index contributed by atoms with van der Waals surface area (Å²) >= 11 is 0. The van der Waals surface area contributed by atoms with Crippen LogP contribution in [0.4, 0.5) is 0 Å². The highest BCUT2D eigenvalue weighted by Crippen LogP contribution is 2.40. The van der Waals surface area contributed by atoms with Crippen LogP contribution in [0.3, 0.4) is 0 Å². The normalized spacial score (nSPS) is 10.0. The van der Waals surface area contributed by atoms with E-state index in [1.807, 2.05) is 138 Å². The molecule has 1 nitrogen and oxygen atoms in total. The van der Waals surface area contributed by atoms with E-state index in [2.05, 4.69) is 373 Å². The van der Waals surface area contributed by atoms with Gasteiger partial charge in [-0.3, -0.25) is 0 Å². The van der Waals surface area contributed by atoms with Crippen molar-refractivity contribution >= 4 is 151 Å². The van der Waals surface area contributed by atoms with Crippen molar-refractivity contribution in [1.29, 1.82) is 0 Å². The second kappa shape index (κ2) is 49.1. The van der Waals surface area contributed by atoms with Gasteiger partial charge < -0.3 is 4.57 Å². The molecule has 0 aliphatic carbocycles. The van der Waals surface area contributed by atoms with Crippen molar-refractivity contribution in [2.24, 2.45) is 7.05 Å². The fraction of sp³-hybridized carbons (Fsp3) is 0.271. The van der Waals surface area contributed by atoms with Crippen LogP contribution in [0.1, 0.15) is 200 Å². The Morgan fingerprint density at radius 1 is 0.151 bits per heavy atom. The largest absolute Gasteiger partial charge is 0.344 e. The van der Waals surface area contributed by atoms with Crippen LogP contribution in [0.5, 0.6) is 0 Å². The van der Waals surface area contributed by atoms with E-state index >= 15 is 0 Å². The maximum atomic E-state index is 2.31. The maximum Gasteiger partial charge on any atom is 0.0488 e. The van der Waals surface area contributed by atoms with Crippen LogP contribution in [-0.2, 0) is 7.05 Å². The molecule has 0 bridgehead atoms. The summed E-state index contributed by atoms with van der Waals surface area (Å²) in [5.41, 5.74) is 17.5. The smallest absolute Gasteiger partial charge is 0.0488 e. The van der Waals surface area contributed by atoms with Crippen molar-refractivity contribution in [3.63, 3.8) is 0 Å². The quantitative estimate of drug-likeness (QED) is 0.105. The van der Waals surface area contributed by atoms with Crippen molar-refractivity contribution in [3.05, 3.63) is 346 Å². The second-order valence-electron chi connectivity index (χ2n) is 27.8. The summed E-state index contributed by atoms with van der Waals surface area (Å²) in [6, 6.07) is 104. The van der Waals surface area contributed by atoms with Crippen molar-refractivity contribution in [1.82, 2.24) is 4.57 Å². The van der Waals surface area contributed by atoms with E-state index in [-0.39, 0.29) is 0 Å². The van der Waals surface area contributed by atoms with Crippen LogP contribution in [0.25, 0.3) is 151 Å². The third-order valence-corrected chi connectivity index (χ3v) is 21.2. The molecule has 0 N–H and O–H groups in total. The minimum absolute atomic E-state index is 1.30. The molecule has 1 heteroatoms. The predicted octanol–water partition coefficient (Wildman–Crippen LogP) is 38.1. The van der Waals surface area contributed by atoms with E-state index in [0.717, 1.165) is 0 Å². The first kappa shape index (κ1) is 98.2. The number of aryl methyl sites for hydroxylation is 12. The number of para-hydroxylation sites is 1. The lowest BCUT2D eigenvalue weighted by molar-refractivity contribution is 1.01. The molecule has 620 valence electrons. The molecule has 0 amide bonds. The van der Waals surface area contributed by atoms with E-state index in [0.29, 0.717) is 0 Å². The summed E-state index contributed by atoms with van der Waals surface area (Å²) in [5, 5.41) is 35.6. The first-order valence-electron chi connectivity index (χ1n) is 44.9. The Morgan fingerprint density at radius 3 is 0.950 bits per heavy atom. The topological polar surface area (TPSA) is 4.93 Å². The van der Waals surface area contributed by atoms with Crippen molar-refractivity contribution in [2.45, 2.75) is 215 Å². The van der Waals surface area contributed by atoms with Crippen molar-refractivity contribution < 1.29 is 0 Å². The number of fused-ring (bicyclic) bond motifs is 10. The average Bonchev–Trinajstić information content (AvgIpc) is 1.60. The standard InChI is InChI=1S/2C18H14.3C16H14.C14H13N.10C2H6/c1-11-3-5-13-8-10-16-12(2)4-6-14-7-9-15(11)17(13)18(14)16;1-11-6-7-14-10-12(2)15-5-3-4-13-8-9-16(11)18(14)17(13)15;1-11-6-5-9-15-12(2)14-8-4-3-7-13(14)10-16(11)15;1-11-7-8-12(2)16-10-14-6-4-3-5-13(14)9-15(11)16;1-11-7-8-13-10-12(2)14-5-3-4-6-15(14)16(13)9-11;1-10-7-8-14-12(9-10)11-5-3-4-6-13(11)15(14)2;10*1-2/h2*3-10H,1-2H3;3*3-10H,1-2H3;3-9H,1-2H3;10*1-2H3. The zero-order valence-electron chi connectivity index (χ0n) is 79.1. The lowest BCUT2D eigenvalue weighted by atomic mass is 9.90. The first-order valence-corrected chi connectivity index (χ1v) is 44.9. The number of hydrogen-bond acceptors (Lipinski definition) is 0. The number of aromatic nitrogens is 1. The molecule has 0 fully saturated rings. The number of rotatable bonds is 0. The van der Waals surface area contributed by atoms with Gasteiger partial charge in [0.25, 0.3) is 0 Å². The summed E-state index contributed by atoms with van der Waals surface area (Å²) < 4.78 is 2.25. The molecule has 1 heterocycles. The Hall–Kier alpha value is -11.4. The average molecular weight is 1580 g/mol. The molecule has 0 saturated carbocycles. The molecule has 1 aromatic heterocycles. The predicted molar refractivity (Wildman–Crippen MR) is 551 cm³/mol. The van der Waals surface area contributed by atoms with Gasteiger partial charge in [-0.1, -0.05) is 398 Å². The van der Waals surface area contributed by atoms with E-state index in [1.54, 1.807) is 0 Å². The van der Waals surface area contributed by atoms with Crippen molar-refractivity contribution in [3.8, 4) is 0 Å². The fourth-order valence-electron chi connectivity index (χ4n) is 15.7. The molecule has 0 saturated heterocycles. The highest BCUT2D eigenvalue weighted by atomic mass is 14.9. The monoisotopic (exact) mass is 1570 g/mol. The summed E-state index contributed by atoms with van der Waals surface area (Å²) in [6.07, 6.45) is 0. The van der Waals surface area contributed by atoms with Crippen LogP contribution >= 0.6 is 0 Å². The first-order chi connectivity index (χ1) is 58.1. The Labute approximate surface area is 718 Å². The molecule has 19 aromatic carbocycles. The second-order valence-corrected chi connectivity index (χ2v) is 27.8. The molecule has 0 atom stereocenters. The van der Waals surface area contributed by atoms with Gasteiger partial charge in [-0.25, -0.2) is 0 Å². The van der Waals surface area contributed by atoms with Gasteiger partial charge in [0.2, 0.25) is 0 Å². The number of benzene rings is 19. The van der Waals surface area contributed by atoms with Gasteiger partial charge >= 0.3 is 0 Å². The Bertz CT molecular complexity index is 6250. The number of nitrogens with zero attached hydrogens (tertiary/aromatic N) is 1. The molecule has 0 spiro atoms. The summed E-state index contributed by atoms with van der Waals surface area (Å²) in [7, 11) is 2.12. The van der Waals surface area contributed by atoms with Crippen LogP contribution in [0, 0.1) is 76.2 Å². The fourth-order valence-corrected chi connectivity index (χ4v) is 15.7. The Balaban J connectivity index is 0.000000244. The van der Waals surface area contributed by atoms with Crippen LogP contribution in [-0.4, -0.2) is 4.57 Å². The van der Waals surface area contributed by atoms with Gasteiger partial charge in [-0.2, -0.15) is 0 Å². The van der Waals surface area contributed by atoms with E-state index in [4.69, 9.17) is 0 Å². The summed E-state index contributed by atoms with van der Waals surface area (Å²) in [5.74, 6) is 0. The molecule has 0 aliphatic heterocycles. The molecule has 0 radical (unpaired) electrons. The van der Waals surface area contributed by atoms with Crippen molar-refractivity contribution in [2.75, 3.05) is 0 Å². The molecular formula is C118H143N. The lowest BCUT2D eigenvalue weighted by Gasteiger charge is -2.14. The minimum atomic E-state index is 1.30. The molecule has 0 aliphatic rings. The zero-order valence-corrected chi connectivity index (χ0v) is 79.1. The third-order valence-electron chi connectivity index (χ3n) is 21.2. The highest BCUT2D eigenvalue weighted by molar-refractivity contribution is 6.25. The minimum Gasteiger partial charge on any atom is -0.344 e. The van der Waals surface area contributed by atoms with Gasteiger partial charge in [0, 0.05) is 28.9 Å². The van der Waals surface area contributed by atoms with Crippen LogP contribution in [0.15, 0.2) is 285 Å². The highest BCUT2D eigenvalue weighted by Gasteiger charge is 2.14.